The molecule has 24 heavy (non-hydrogen) atoms. The van der Waals surface area contributed by atoms with Gasteiger partial charge in [0.1, 0.15) is 0 Å². The Labute approximate surface area is 162 Å². The molecule has 2 aromatic rings. The number of rotatable bonds is 5. The lowest BCUT2D eigenvalue weighted by molar-refractivity contribution is 0.683. The molecule has 0 aliphatic rings. The average Bonchev–Trinajstić information content (AvgIpc) is 2.80. The molecule has 1 aromatic carbocycles. The molecular weight excluding hydrogens is 413 g/mol. The highest BCUT2D eigenvalue weighted by molar-refractivity contribution is 14.0. The zero-order chi connectivity index (χ0) is 16.8. The fourth-order valence-electron chi connectivity index (χ4n) is 2.71. The lowest BCUT2D eigenvalue weighted by Crippen LogP contribution is -2.39. The third-order valence-electron chi connectivity index (χ3n) is 4.20. The summed E-state index contributed by atoms with van der Waals surface area (Å²) in [4.78, 5) is 4.31. The predicted octanol–water partition coefficient (Wildman–Crippen LogP) is 3.12. The highest BCUT2D eigenvalue weighted by Crippen LogP contribution is 2.12. The van der Waals surface area contributed by atoms with Crippen molar-refractivity contribution in [1.82, 2.24) is 20.4 Å². The van der Waals surface area contributed by atoms with Crippen molar-refractivity contribution in [3.63, 3.8) is 0 Å². The Hall–Kier alpha value is -1.57. The summed E-state index contributed by atoms with van der Waals surface area (Å²) in [6.45, 7) is 7.14. The summed E-state index contributed by atoms with van der Waals surface area (Å²) < 4.78 is 1.94. The van der Waals surface area contributed by atoms with E-state index >= 15 is 0 Å². The molecule has 0 saturated carbocycles. The SMILES string of the molecule is CN=C(NCCc1c(C)nn(C)c1C)NC(C)c1ccccc1.I. The Morgan fingerprint density at radius 2 is 1.92 bits per heavy atom. The van der Waals surface area contributed by atoms with E-state index in [9.17, 15) is 0 Å². The van der Waals surface area contributed by atoms with Crippen LogP contribution >= 0.6 is 24.0 Å². The first-order valence-electron chi connectivity index (χ1n) is 8.04. The maximum atomic E-state index is 4.46. The maximum absolute atomic E-state index is 4.46. The molecule has 0 fully saturated rings. The van der Waals surface area contributed by atoms with E-state index in [2.05, 4.69) is 65.8 Å². The van der Waals surface area contributed by atoms with Crippen molar-refractivity contribution < 1.29 is 0 Å². The molecule has 0 radical (unpaired) electrons. The first-order chi connectivity index (χ1) is 11.0. The van der Waals surface area contributed by atoms with Gasteiger partial charge in [0.25, 0.3) is 0 Å². The van der Waals surface area contributed by atoms with E-state index in [4.69, 9.17) is 0 Å². The van der Waals surface area contributed by atoms with Crippen molar-refractivity contribution in [2.24, 2.45) is 12.0 Å². The highest BCUT2D eigenvalue weighted by atomic mass is 127. The van der Waals surface area contributed by atoms with Crippen LogP contribution in [0.1, 0.15) is 35.5 Å². The maximum Gasteiger partial charge on any atom is 0.191 e. The minimum absolute atomic E-state index is 0. The fraction of sp³-hybridized carbons (Fsp3) is 0.444. The second kappa shape index (κ2) is 9.66. The molecule has 0 saturated heterocycles. The van der Waals surface area contributed by atoms with Gasteiger partial charge in [0, 0.05) is 26.3 Å². The third kappa shape index (κ3) is 5.22. The average molecular weight is 441 g/mol. The number of guanidine groups is 1. The van der Waals surface area contributed by atoms with Gasteiger partial charge in [0.2, 0.25) is 0 Å². The van der Waals surface area contributed by atoms with Crippen LogP contribution in [0.15, 0.2) is 35.3 Å². The fourth-order valence-corrected chi connectivity index (χ4v) is 2.71. The molecule has 0 aliphatic carbocycles. The van der Waals surface area contributed by atoms with E-state index in [-0.39, 0.29) is 30.0 Å². The van der Waals surface area contributed by atoms with E-state index in [0.29, 0.717) is 0 Å². The molecule has 2 rings (SSSR count). The summed E-state index contributed by atoms with van der Waals surface area (Å²) in [5.74, 6) is 0.820. The number of nitrogens with zero attached hydrogens (tertiary/aromatic N) is 3. The summed E-state index contributed by atoms with van der Waals surface area (Å²) in [5.41, 5.74) is 4.89. The van der Waals surface area contributed by atoms with Crippen LogP contribution in [0.3, 0.4) is 0 Å². The minimum Gasteiger partial charge on any atom is -0.356 e. The highest BCUT2D eigenvalue weighted by Gasteiger charge is 2.10. The minimum atomic E-state index is 0. The number of hydrogen-bond donors (Lipinski definition) is 2. The Morgan fingerprint density at radius 1 is 1.25 bits per heavy atom. The first kappa shape index (κ1) is 20.5. The largest absolute Gasteiger partial charge is 0.356 e. The molecule has 1 atom stereocenters. The van der Waals surface area contributed by atoms with Crippen molar-refractivity contribution in [1.29, 1.82) is 0 Å². The summed E-state index contributed by atoms with van der Waals surface area (Å²) >= 11 is 0. The van der Waals surface area contributed by atoms with Gasteiger partial charge in [-0.25, -0.2) is 0 Å². The second-order valence-corrected chi connectivity index (χ2v) is 5.80. The number of nitrogens with one attached hydrogen (secondary N) is 2. The predicted molar refractivity (Wildman–Crippen MR) is 111 cm³/mol. The van der Waals surface area contributed by atoms with Gasteiger partial charge >= 0.3 is 0 Å². The van der Waals surface area contributed by atoms with Crippen molar-refractivity contribution in [2.75, 3.05) is 13.6 Å². The van der Waals surface area contributed by atoms with Gasteiger partial charge in [-0.15, -0.1) is 24.0 Å². The van der Waals surface area contributed by atoms with Gasteiger partial charge in [-0.1, -0.05) is 30.3 Å². The van der Waals surface area contributed by atoms with E-state index < -0.39 is 0 Å². The summed E-state index contributed by atoms with van der Waals surface area (Å²) in [6, 6.07) is 10.6. The van der Waals surface area contributed by atoms with Gasteiger partial charge in [-0.2, -0.15) is 5.10 Å². The van der Waals surface area contributed by atoms with Crippen LogP contribution < -0.4 is 10.6 Å². The Bertz CT molecular complexity index is 664. The van der Waals surface area contributed by atoms with E-state index in [1.165, 1.54) is 16.8 Å². The molecule has 5 nitrogen and oxygen atoms in total. The van der Waals surface area contributed by atoms with Gasteiger partial charge in [-0.05, 0) is 38.3 Å². The van der Waals surface area contributed by atoms with Crippen LogP contribution in [0.25, 0.3) is 0 Å². The first-order valence-corrected chi connectivity index (χ1v) is 8.04. The van der Waals surface area contributed by atoms with Crippen LogP contribution in [0.5, 0.6) is 0 Å². The zero-order valence-corrected chi connectivity index (χ0v) is 17.5. The Kier molecular flexibility index (Phi) is 8.24. The molecule has 132 valence electrons. The number of aryl methyl sites for hydroxylation is 2. The zero-order valence-electron chi connectivity index (χ0n) is 15.1. The third-order valence-corrected chi connectivity index (χ3v) is 4.20. The monoisotopic (exact) mass is 441 g/mol. The smallest absolute Gasteiger partial charge is 0.191 e. The molecule has 1 aromatic heterocycles. The van der Waals surface area contributed by atoms with Crippen molar-refractivity contribution in [3.8, 4) is 0 Å². The normalized spacial score (nSPS) is 12.5. The molecule has 0 amide bonds. The van der Waals surface area contributed by atoms with Crippen LogP contribution in [0.4, 0.5) is 0 Å². The quantitative estimate of drug-likeness (QED) is 0.426. The number of halogens is 1. The number of aliphatic imine (C=N–C) groups is 1. The van der Waals surface area contributed by atoms with Crippen molar-refractivity contribution in [2.45, 2.75) is 33.2 Å². The number of hydrogen-bond acceptors (Lipinski definition) is 2. The van der Waals surface area contributed by atoms with Crippen LogP contribution in [0.2, 0.25) is 0 Å². The van der Waals surface area contributed by atoms with Crippen molar-refractivity contribution >= 4 is 29.9 Å². The molecule has 0 aliphatic heterocycles. The lowest BCUT2D eigenvalue weighted by Gasteiger charge is -2.18. The molecule has 0 bridgehead atoms. The van der Waals surface area contributed by atoms with E-state index in [0.717, 1.165) is 24.6 Å². The molecule has 2 N–H and O–H groups in total. The summed E-state index contributed by atoms with van der Waals surface area (Å²) in [6.07, 6.45) is 0.936. The molecule has 0 spiro atoms. The van der Waals surface area contributed by atoms with Gasteiger partial charge < -0.3 is 10.6 Å². The standard InChI is InChI=1S/C18H27N5.HI/c1-13(16-9-7-6-8-10-16)21-18(19-4)20-12-11-17-14(2)22-23(5)15(17)3;/h6-10,13H,11-12H2,1-5H3,(H2,19,20,21);1H. The Morgan fingerprint density at radius 3 is 2.46 bits per heavy atom. The number of aromatic nitrogens is 2. The van der Waals surface area contributed by atoms with Crippen LogP contribution in [-0.2, 0) is 13.5 Å². The second-order valence-electron chi connectivity index (χ2n) is 5.80. The van der Waals surface area contributed by atoms with Gasteiger partial charge in [0.15, 0.2) is 5.96 Å². The van der Waals surface area contributed by atoms with Gasteiger partial charge in [0.05, 0.1) is 11.7 Å². The molecule has 1 heterocycles. The van der Waals surface area contributed by atoms with Crippen LogP contribution in [-0.4, -0.2) is 29.3 Å². The Balaban J connectivity index is 0.00000288. The summed E-state index contributed by atoms with van der Waals surface area (Å²) in [5, 5.41) is 11.3. The van der Waals surface area contributed by atoms with Gasteiger partial charge in [-0.3, -0.25) is 9.67 Å². The van der Waals surface area contributed by atoms with Crippen LogP contribution in [0, 0.1) is 13.8 Å². The lowest BCUT2D eigenvalue weighted by atomic mass is 10.1. The van der Waals surface area contributed by atoms with E-state index in [1.54, 1.807) is 7.05 Å². The molecule has 6 heteroatoms. The van der Waals surface area contributed by atoms with E-state index in [1.807, 2.05) is 17.8 Å². The molecular formula is C18H28IN5. The number of benzene rings is 1. The molecule has 1 unspecified atom stereocenters. The summed E-state index contributed by atoms with van der Waals surface area (Å²) in [7, 11) is 3.79. The topological polar surface area (TPSA) is 54.2 Å². The van der Waals surface area contributed by atoms with Crippen molar-refractivity contribution in [3.05, 3.63) is 52.8 Å².